The van der Waals surface area contributed by atoms with Gasteiger partial charge in [0.25, 0.3) is 0 Å². The fraction of sp³-hybridized carbons (Fsp3) is 0.500. The Hall–Kier alpha value is -0.620. The number of hydrogen-bond donors (Lipinski definition) is 2. The molecule has 18 heavy (non-hydrogen) atoms. The number of rotatable bonds is 4. The van der Waals surface area contributed by atoms with E-state index in [9.17, 15) is 13.5 Å². The highest BCUT2D eigenvalue weighted by Gasteiger charge is 2.39. The van der Waals surface area contributed by atoms with E-state index in [4.69, 9.17) is 11.6 Å². The van der Waals surface area contributed by atoms with Crippen LogP contribution in [-0.4, -0.2) is 24.7 Å². The molecule has 0 aromatic heterocycles. The molecule has 2 N–H and O–H groups in total. The Morgan fingerprint density at radius 1 is 1.17 bits per heavy atom. The van der Waals surface area contributed by atoms with Gasteiger partial charge in [-0.05, 0) is 39.8 Å². The molecule has 4 nitrogen and oxygen atoms in total. The third-order valence-corrected chi connectivity index (χ3v) is 5.20. The van der Waals surface area contributed by atoms with Gasteiger partial charge in [0, 0.05) is 0 Å². The molecule has 0 amide bonds. The van der Waals surface area contributed by atoms with Gasteiger partial charge in [-0.25, -0.2) is 13.1 Å². The fourth-order valence-electron chi connectivity index (χ4n) is 1.18. The lowest BCUT2D eigenvalue weighted by molar-refractivity contribution is 0.00639. The molecule has 0 aliphatic heterocycles. The highest BCUT2D eigenvalue weighted by molar-refractivity contribution is 7.89. The van der Waals surface area contributed by atoms with Gasteiger partial charge in [0.2, 0.25) is 10.0 Å². The van der Waals surface area contributed by atoms with Crippen LogP contribution in [0.5, 0.6) is 0 Å². The quantitative estimate of drug-likeness (QED) is 0.893. The maximum absolute atomic E-state index is 12.2. The Morgan fingerprint density at radius 2 is 1.67 bits per heavy atom. The van der Waals surface area contributed by atoms with Crippen molar-refractivity contribution in [2.24, 2.45) is 0 Å². The van der Waals surface area contributed by atoms with Gasteiger partial charge in [-0.3, -0.25) is 0 Å². The van der Waals surface area contributed by atoms with Crippen molar-refractivity contribution in [3.8, 4) is 0 Å². The van der Waals surface area contributed by atoms with Crippen LogP contribution >= 0.6 is 11.6 Å². The monoisotopic (exact) mass is 291 g/mol. The third kappa shape index (κ3) is 3.23. The van der Waals surface area contributed by atoms with E-state index in [1.807, 2.05) is 0 Å². The van der Waals surface area contributed by atoms with E-state index >= 15 is 0 Å². The summed E-state index contributed by atoms with van der Waals surface area (Å²) in [5.74, 6) is 0. The highest BCUT2D eigenvalue weighted by Crippen LogP contribution is 2.26. The van der Waals surface area contributed by atoms with Crippen molar-refractivity contribution in [2.75, 3.05) is 0 Å². The van der Waals surface area contributed by atoms with Gasteiger partial charge in [0.05, 0.1) is 16.2 Å². The summed E-state index contributed by atoms with van der Waals surface area (Å²) in [6, 6.07) is 6.18. The van der Waals surface area contributed by atoms with Crippen LogP contribution in [0.1, 0.15) is 27.7 Å². The minimum atomic E-state index is -3.77. The Balaban J connectivity index is 3.16. The van der Waals surface area contributed by atoms with Crippen molar-refractivity contribution in [1.82, 2.24) is 4.72 Å². The van der Waals surface area contributed by atoms with Gasteiger partial charge in [-0.15, -0.1) is 0 Å². The van der Waals surface area contributed by atoms with E-state index in [1.54, 1.807) is 39.8 Å². The van der Waals surface area contributed by atoms with Crippen molar-refractivity contribution in [3.05, 3.63) is 29.3 Å². The second-order valence-corrected chi connectivity index (χ2v) is 7.28. The maximum Gasteiger partial charge on any atom is 0.242 e. The number of halogens is 1. The molecule has 0 spiro atoms. The number of aliphatic hydroxyl groups is 1. The molecule has 0 unspecified atom stereocenters. The third-order valence-electron chi connectivity index (χ3n) is 3.05. The van der Waals surface area contributed by atoms with Crippen LogP contribution in [0.25, 0.3) is 0 Å². The second-order valence-electron chi connectivity index (χ2n) is 5.22. The summed E-state index contributed by atoms with van der Waals surface area (Å²) in [7, 11) is -3.77. The minimum absolute atomic E-state index is 0.00370. The lowest BCUT2D eigenvalue weighted by atomic mass is 9.87. The molecule has 102 valence electrons. The normalized spacial score (nSPS) is 13.7. The molecule has 0 radical (unpaired) electrons. The largest absolute Gasteiger partial charge is 0.389 e. The van der Waals surface area contributed by atoms with Crippen molar-refractivity contribution < 1.29 is 13.5 Å². The molecule has 1 aromatic carbocycles. The predicted octanol–water partition coefficient (Wildman–Crippen LogP) is 2.17. The molecule has 0 atom stereocenters. The highest BCUT2D eigenvalue weighted by atomic mass is 35.5. The molecule has 0 heterocycles. The van der Waals surface area contributed by atoms with Gasteiger partial charge >= 0.3 is 0 Å². The van der Waals surface area contributed by atoms with Gasteiger partial charge < -0.3 is 5.11 Å². The summed E-state index contributed by atoms with van der Waals surface area (Å²) in [5.41, 5.74) is -2.23. The first-order valence-corrected chi connectivity index (χ1v) is 7.34. The molecule has 0 bridgehead atoms. The SMILES string of the molecule is CC(C)(O)C(C)(C)NS(=O)(=O)c1ccccc1Cl. The van der Waals surface area contributed by atoms with Gasteiger partial charge in [0.15, 0.2) is 0 Å². The van der Waals surface area contributed by atoms with Crippen molar-refractivity contribution in [3.63, 3.8) is 0 Å². The molecular weight excluding hydrogens is 274 g/mol. The summed E-state index contributed by atoms with van der Waals surface area (Å²) in [4.78, 5) is 0.00370. The maximum atomic E-state index is 12.2. The van der Waals surface area contributed by atoms with E-state index in [1.165, 1.54) is 12.1 Å². The Morgan fingerprint density at radius 3 is 2.11 bits per heavy atom. The number of nitrogens with one attached hydrogen (secondary N) is 1. The number of benzene rings is 1. The molecular formula is C12H18ClNO3S. The first-order valence-electron chi connectivity index (χ1n) is 5.48. The predicted molar refractivity (Wildman–Crippen MR) is 72.2 cm³/mol. The van der Waals surface area contributed by atoms with Gasteiger partial charge in [-0.1, -0.05) is 23.7 Å². The zero-order valence-electron chi connectivity index (χ0n) is 10.9. The topological polar surface area (TPSA) is 66.4 Å². The number of hydrogen-bond acceptors (Lipinski definition) is 3. The van der Waals surface area contributed by atoms with E-state index in [-0.39, 0.29) is 9.92 Å². The van der Waals surface area contributed by atoms with E-state index in [0.717, 1.165) is 0 Å². The van der Waals surface area contributed by atoms with Crippen LogP contribution < -0.4 is 4.72 Å². The van der Waals surface area contributed by atoms with Crippen molar-refractivity contribution in [2.45, 2.75) is 43.7 Å². The standard InChI is InChI=1S/C12H18ClNO3S/c1-11(2,12(3,4)15)14-18(16,17)10-8-6-5-7-9(10)13/h5-8,14-15H,1-4H3. The first-order chi connectivity index (χ1) is 7.97. The molecule has 1 aromatic rings. The summed E-state index contributed by atoms with van der Waals surface area (Å²) >= 11 is 5.87. The average molecular weight is 292 g/mol. The van der Waals surface area contributed by atoms with E-state index < -0.39 is 21.2 Å². The van der Waals surface area contributed by atoms with Crippen LogP contribution in [0.2, 0.25) is 5.02 Å². The molecule has 0 aliphatic rings. The first kappa shape index (κ1) is 15.4. The van der Waals surface area contributed by atoms with E-state index in [0.29, 0.717) is 0 Å². The molecule has 1 rings (SSSR count). The molecule has 0 saturated heterocycles. The fourth-order valence-corrected chi connectivity index (χ4v) is 3.23. The molecule has 0 fully saturated rings. The lowest BCUT2D eigenvalue weighted by Gasteiger charge is -2.37. The zero-order chi connectivity index (χ0) is 14.2. The van der Waals surface area contributed by atoms with Crippen LogP contribution in [0.4, 0.5) is 0 Å². The summed E-state index contributed by atoms with van der Waals surface area (Å²) in [5, 5.41) is 10.1. The molecule has 0 aliphatic carbocycles. The summed E-state index contributed by atoms with van der Waals surface area (Å²) in [6.07, 6.45) is 0. The van der Waals surface area contributed by atoms with Crippen LogP contribution in [0.15, 0.2) is 29.2 Å². The van der Waals surface area contributed by atoms with Crippen molar-refractivity contribution >= 4 is 21.6 Å². The van der Waals surface area contributed by atoms with Crippen molar-refractivity contribution in [1.29, 1.82) is 0 Å². The van der Waals surface area contributed by atoms with Gasteiger partial charge in [-0.2, -0.15) is 0 Å². The zero-order valence-corrected chi connectivity index (χ0v) is 12.4. The molecule has 6 heteroatoms. The van der Waals surface area contributed by atoms with Crippen LogP contribution in [0.3, 0.4) is 0 Å². The summed E-state index contributed by atoms with van der Waals surface area (Å²) in [6.45, 7) is 6.31. The van der Waals surface area contributed by atoms with Crippen LogP contribution in [0, 0.1) is 0 Å². The Labute approximate surface area is 113 Å². The second kappa shape index (κ2) is 4.81. The minimum Gasteiger partial charge on any atom is -0.389 e. The smallest absolute Gasteiger partial charge is 0.242 e. The average Bonchev–Trinajstić information content (AvgIpc) is 2.14. The Bertz CT molecular complexity index is 532. The number of sulfonamides is 1. The summed E-state index contributed by atoms with van der Waals surface area (Å²) < 4.78 is 26.9. The lowest BCUT2D eigenvalue weighted by Crippen LogP contribution is -2.57. The Kier molecular flexibility index (Phi) is 4.13. The van der Waals surface area contributed by atoms with Gasteiger partial charge in [0.1, 0.15) is 4.90 Å². The van der Waals surface area contributed by atoms with E-state index in [2.05, 4.69) is 4.72 Å². The van der Waals surface area contributed by atoms with Crippen LogP contribution in [-0.2, 0) is 10.0 Å². The molecule has 0 saturated carbocycles.